The van der Waals surface area contributed by atoms with Crippen molar-refractivity contribution in [1.29, 1.82) is 0 Å². The van der Waals surface area contributed by atoms with Gasteiger partial charge >= 0.3 is 0 Å². The lowest BCUT2D eigenvalue weighted by molar-refractivity contribution is -0.119. The maximum atomic E-state index is 10.6. The maximum absolute atomic E-state index is 10.6. The smallest absolute Gasteiger partial charge is 0.217 e. The van der Waals surface area contributed by atoms with Gasteiger partial charge in [0.1, 0.15) is 0 Å². The molecule has 0 rings (SSSR count). The molecule has 0 heterocycles. The minimum atomic E-state index is 0.00912. The third kappa shape index (κ3) is 3.28. The predicted octanol–water partition coefficient (Wildman–Crippen LogP) is 1.48. The normalized spacial score (nSPS) is 12.3. The molecule has 1 unspecified atom stereocenters. The summed E-state index contributed by atoms with van der Waals surface area (Å²) in [5.41, 5.74) is 1.01. The van der Waals surface area contributed by atoms with E-state index in [0.717, 1.165) is 12.0 Å². The van der Waals surface area contributed by atoms with E-state index in [9.17, 15) is 4.79 Å². The topological polar surface area (TPSA) is 29.1 Å². The first-order chi connectivity index (χ1) is 4.57. The third-order valence-electron chi connectivity index (χ3n) is 1.38. The van der Waals surface area contributed by atoms with Gasteiger partial charge in [0.05, 0.1) is 0 Å². The van der Waals surface area contributed by atoms with Crippen molar-refractivity contribution < 1.29 is 4.79 Å². The van der Waals surface area contributed by atoms with E-state index in [1.165, 1.54) is 6.92 Å². The lowest BCUT2D eigenvalue weighted by Crippen LogP contribution is -2.32. The first-order valence-corrected chi connectivity index (χ1v) is 3.50. The van der Waals surface area contributed by atoms with Crippen LogP contribution in [0.1, 0.15) is 27.2 Å². The van der Waals surface area contributed by atoms with Crippen LogP contribution in [0.5, 0.6) is 0 Å². The molecule has 1 atom stereocenters. The number of amides is 1. The molecule has 1 amide bonds. The van der Waals surface area contributed by atoms with Crippen LogP contribution in [0, 0.1) is 0 Å². The highest BCUT2D eigenvalue weighted by Crippen LogP contribution is 2.01. The van der Waals surface area contributed by atoms with Crippen molar-refractivity contribution in [3.05, 3.63) is 12.2 Å². The third-order valence-corrected chi connectivity index (χ3v) is 1.38. The largest absolute Gasteiger partial charge is 0.350 e. The van der Waals surface area contributed by atoms with E-state index in [0.29, 0.717) is 0 Å². The van der Waals surface area contributed by atoms with Crippen LogP contribution >= 0.6 is 0 Å². The van der Waals surface area contributed by atoms with Crippen LogP contribution in [0.15, 0.2) is 12.2 Å². The van der Waals surface area contributed by atoms with E-state index in [1.54, 1.807) is 0 Å². The van der Waals surface area contributed by atoms with Crippen molar-refractivity contribution in [2.24, 2.45) is 0 Å². The fraction of sp³-hybridized carbons (Fsp3) is 0.625. The van der Waals surface area contributed by atoms with Crippen LogP contribution < -0.4 is 5.32 Å². The second-order valence-corrected chi connectivity index (χ2v) is 2.51. The van der Waals surface area contributed by atoms with Gasteiger partial charge in [0, 0.05) is 13.0 Å². The lowest BCUT2D eigenvalue weighted by atomic mass is 10.1. The van der Waals surface area contributed by atoms with Gasteiger partial charge in [-0.2, -0.15) is 0 Å². The standard InChI is InChI=1S/C8H15NO/c1-5-8(6(2)3)9-7(4)10/h8H,2,5H2,1,3-4H3,(H,9,10). The molecule has 0 aliphatic heterocycles. The minimum absolute atomic E-state index is 0.00912. The van der Waals surface area contributed by atoms with Crippen molar-refractivity contribution >= 4 is 5.91 Å². The number of nitrogens with one attached hydrogen (secondary N) is 1. The van der Waals surface area contributed by atoms with Gasteiger partial charge in [-0.25, -0.2) is 0 Å². The fourth-order valence-corrected chi connectivity index (χ4v) is 0.819. The first kappa shape index (κ1) is 9.21. The molecular formula is C8H15NO. The van der Waals surface area contributed by atoms with Crippen LogP contribution in [-0.2, 0) is 4.79 Å². The zero-order chi connectivity index (χ0) is 8.15. The number of carbonyl (C=O) groups is 1. The van der Waals surface area contributed by atoms with Crippen LogP contribution in [0.3, 0.4) is 0 Å². The molecule has 58 valence electrons. The van der Waals surface area contributed by atoms with E-state index < -0.39 is 0 Å². The fourth-order valence-electron chi connectivity index (χ4n) is 0.819. The number of hydrogen-bond donors (Lipinski definition) is 1. The van der Waals surface area contributed by atoms with Gasteiger partial charge in [0.15, 0.2) is 0 Å². The molecule has 10 heavy (non-hydrogen) atoms. The predicted molar refractivity (Wildman–Crippen MR) is 42.7 cm³/mol. The minimum Gasteiger partial charge on any atom is -0.350 e. The Morgan fingerprint density at radius 3 is 2.20 bits per heavy atom. The molecule has 0 saturated carbocycles. The summed E-state index contributed by atoms with van der Waals surface area (Å²) >= 11 is 0. The number of rotatable bonds is 3. The summed E-state index contributed by atoms with van der Waals surface area (Å²) in [5, 5.41) is 2.79. The summed E-state index contributed by atoms with van der Waals surface area (Å²) in [6, 6.07) is 0.150. The zero-order valence-corrected chi connectivity index (χ0v) is 6.90. The molecule has 0 aliphatic rings. The van der Waals surface area contributed by atoms with Crippen LogP contribution in [0.4, 0.5) is 0 Å². The number of hydrogen-bond acceptors (Lipinski definition) is 1. The van der Waals surface area contributed by atoms with Crippen molar-refractivity contribution in [2.45, 2.75) is 33.2 Å². The molecule has 0 bridgehead atoms. The molecule has 0 aromatic heterocycles. The molecule has 0 saturated heterocycles. The second kappa shape index (κ2) is 4.09. The van der Waals surface area contributed by atoms with Gasteiger partial charge in [0.25, 0.3) is 0 Å². The monoisotopic (exact) mass is 141 g/mol. The second-order valence-electron chi connectivity index (χ2n) is 2.51. The Morgan fingerprint density at radius 2 is 2.10 bits per heavy atom. The summed E-state index contributed by atoms with van der Waals surface area (Å²) in [6.45, 7) is 9.23. The summed E-state index contributed by atoms with van der Waals surface area (Å²) in [6.07, 6.45) is 0.912. The maximum Gasteiger partial charge on any atom is 0.217 e. The molecule has 0 spiro atoms. The molecule has 0 aliphatic carbocycles. The lowest BCUT2D eigenvalue weighted by Gasteiger charge is -2.14. The van der Waals surface area contributed by atoms with E-state index in [-0.39, 0.29) is 11.9 Å². The number of carbonyl (C=O) groups excluding carboxylic acids is 1. The Kier molecular flexibility index (Phi) is 3.77. The van der Waals surface area contributed by atoms with Crippen molar-refractivity contribution in [3.63, 3.8) is 0 Å². The summed E-state index contributed by atoms with van der Waals surface area (Å²) in [5.74, 6) is 0.00912. The van der Waals surface area contributed by atoms with Crippen LogP contribution in [0.25, 0.3) is 0 Å². The molecule has 0 aromatic carbocycles. The van der Waals surface area contributed by atoms with E-state index >= 15 is 0 Å². The highest BCUT2D eigenvalue weighted by molar-refractivity contribution is 5.73. The SMILES string of the molecule is C=C(C)C(CC)NC(C)=O. The van der Waals surface area contributed by atoms with Crippen LogP contribution in [-0.4, -0.2) is 11.9 Å². The van der Waals surface area contributed by atoms with E-state index in [2.05, 4.69) is 11.9 Å². The molecule has 0 aromatic rings. The highest BCUT2D eigenvalue weighted by atomic mass is 16.1. The Hall–Kier alpha value is -0.790. The van der Waals surface area contributed by atoms with Gasteiger partial charge in [-0.15, -0.1) is 0 Å². The summed E-state index contributed by atoms with van der Waals surface area (Å²) in [7, 11) is 0. The molecule has 1 N–H and O–H groups in total. The van der Waals surface area contributed by atoms with Crippen molar-refractivity contribution in [1.82, 2.24) is 5.32 Å². The molecular weight excluding hydrogens is 126 g/mol. The molecule has 2 heteroatoms. The van der Waals surface area contributed by atoms with Crippen molar-refractivity contribution in [2.75, 3.05) is 0 Å². The molecule has 2 nitrogen and oxygen atoms in total. The van der Waals surface area contributed by atoms with E-state index in [4.69, 9.17) is 0 Å². The Morgan fingerprint density at radius 1 is 1.60 bits per heavy atom. The average molecular weight is 141 g/mol. The van der Waals surface area contributed by atoms with Gasteiger partial charge in [-0.1, -0.05) is 19.1 Å². The van der Waals surface area contributed by atoms with E-state index in [1.807, 2.05) is 13.8 Å². The zero-order valence-electron chi connectivity index (χ0n) is 6.90. The Balaban J connectivity index is 3.83. The average Bonchev–Trinajstić information content (AvgIpc) is 1.81. The Labute approximate surface area is 62.3 Å². The highest BCUT2D eigenvalue weighted by Gasteiger charge is 2.05. The molecule has 0 radical (unpaired) electrons. The van der Waals surface area contributed by atoms with Gasteiger partial charge in [-0.3, -0.25) is 4.79 Å². The van der Waals surface area contributed by atoms with Gasteiger partial charge in [0.2, 0.25) is 5.91 Å². The van der Waals surface area contributed by atoms with Gasteiger partial charge < -0.3 is 5.32 Å². The summed E-state index contributed by atoms with van der Waals surface area (Å²) in [4.78, 5) is 10.6. The van der Waals surface area contributed by atoms with Gasteiger partial charge in [-0.05, 0) is 13.3 Å². The summed E-state index contributed by atoms with van der Waals surface area (Å²) < 4.78 is 0. The Bertz CT molecular complexity index is 140. The first-order valence-electron chi connectivity index (χ1n) is 3.50. The molecule has 0 fully saturated rings. The quantitative estimate of drug-likeness (QED) is 0.592. The van der Waals surface area contributed by atoms with Crippen LogP contribution in [0.2, 0.25) is 0 Å². The van der Waals surface area contributed by atoms with Crippen molar-refractivity contribution in [3.8, 4) is 0 Å².